The van der Waals surface area contributed by atoms with Crippen molar-refractivity contribution in [3.8, 4) is 6.07 Å². The van der Waals surface area contributed by atoms with E-state index < -0.39 is 5.41 Å². The molecule has 0 radical (unpaired) electrons. The van der Waals surface area contributed by atoms with E-state index in [-0.39, 0.29) is 11.7 Å². The van der Waals surface area contributed by atoms with Crippen molar-refractivity contribution in [2.24, 2.45) is 0 Å². The van der Waals surface area contributed by atoms with Gasteiger partial charge in [-0.3, -0.25) is 4.79 Å². The fraction of sp³-hybridized carbons (Fsp3) is 0.263. The number of hydrogen-bond donors (Lipinski definition) is 1. The van der Waals surface area contributed by atoms with Gasteiger partial charge in [-0.05, 0) is 48.2 Å². The molecule has 1 fully saturated rings. The smallest absolute Gasteiger partial charge is 0.235 e. The highest BCUT2D eigenvalue weighted by Gasteiger charge is 2.45. The molecule has 0 heterocycles. The van der Waals surface area contributed by atoms with Crippen LogP contribution in [-0.4, -0.2) is 5.91 Å². The molecule has 0 unspecified atom stereocenters. The maximum atomic E-state index is 13.1. The van der Waals surface area contributed by atoms with E-state index in [1.54, 1.807) is 12.1 Å². The van der Waals surface area contributed by atoms with Gasteiger partial charge in [-0.2, -0.15) is 5.26 Å². The van der Waals surface area contributed by atoms with Gasteiger partial charge >= 0.3 is 0 Å². The summed E-state index contributed by atoms with van der Waals surface area (Å²) in [6.07, 6.45) is 2.90. The van der Waals surface area contributed by atoms with E-state index in [0.717, 1.165) is 30.4 Å². The van der Waals surface area contributed by atoms with Gasteiger partial charge in [-0.1, -0.05) is 30.7 Å². The van der Waals surface area contributed by atoms with Gasteiger partial charge in [-0.25, -0.2) is 4.39 Å². The molecule has 0 atom stereocenters. The summed E-state index contributed by atoms with van der Waals surface area (Å²) < 4.78 is 13.1. The molecule has 4 heteroatoms. The Kier molecular flexibility index (Phi) is 4.12. The van der Waals surface area contributed by atoms with Crippen molar-refractivity contribution >= 4 is 11.6 Å². The van der Waals surface area contributed by atoms with Crippen molar-refractivity contribution in [2.45, 2.75) is 31.1 Å². The maximum Gasteiger partial charge on any atom is 0.235 e. The minimum atomic E-state index is -0.557. The number of carbonyl (C=O) groups is 1. The van der Waals surface area contributed by atoms with Crippen LogP contribution in [0.15, 0.2) is 48.5 Å². The molecule has 0 aromatic heterocycles. The minimum Gasteiger partial charge on any atom is -0.325 e. The molecule has 1 N–H and O–H groups in total. The number of benzene rings is 2. The lowest BCUT2D eigenvalue weighted by atomic mass is 9.64. The van der Waals surface area contributed by atoms with Crippen LogP contribution in [0.2, 0.25) is 0 Å². The van der Waals surface area contributed by atoms with Gasteiger partial charge in [0.25, 0.3) is 0 Å². The Balaban J connectivity index is 1.78. The van der Waals surface area contributed by atoms with Crippen molar-refractivity contribution in [2.75, 3.05) is 5.32 Å². The molecule has 0 saturated heterocycles. The number of halogens is 1. The van der Waals surface area contributed by atoms with Crippen LogP contribution in [0.1, 0.15) is 30.4 Å². The number of nitrogens with one attached hydrogen (secondary N) is 1. The molecule has 0 spiro atoms. The highest BCUT2D eigenvalue weighted by molar-refractivity contribution is 5.99. The standard InChI is InChI=1S/C19H17FN2O/c20-16-6-4-15(5-7-16)19(11-1-12-19)18(23)22-17-8-2-14(3-9-17)10-13-21/h2-9H,1,10-12H2,(H,22,23). The number of anilines is 1. The first-order valence-corrected chi connectivity index (χ1v) is 7.67. The Hall–Kier alpha value is -2.67. The molecular formula is C19H17FN2O. The third kappa shape index (κ3) is 2.95. The molecule has 1 amide bonds. The first kappa shape index (κ1) is 15.2. The number of nitriles is 1. The fourth-order valence-electron chi connectivity index (χ4n) is 2.99. The predicted molar refractivity (Wildman–Crippen MR) is 86.3 cm³/mol. The van der Waals surface area contributed by atoms with Gasteiger partial charge < -0.3 is 5.32 Å². The summed E-state index contributed by atoms with van der Waals surface area (Å²) in [5, 5.41) is 11.6. The Morgan fingerprint density at radius 1 is 1.13 bits per heavy atom. The predicted octanol–water partition coefficient (Wildman–Crippen LogP) is 3.95. The Morgan fingerprint density at radius 3 is 2.30 bits per heavy atom. The molecule has 116 valence electrons. The largest absolute Gasteiger partial charge is 0.325 e. The van der Waals surface area contributed by atoms with E-state index >= 15 is 0 Å². The van der Waals surface area contributed by atoms with E-state index in [9.17, 15) is 9.18 Å². The second-order valence-electron chi connectivity index (χ2n) is 5.93. The highest BCUT2D eigenvalue weighted by Crippen LogP contribution is 2.44. The second kappa shape index (κ2) is 6.21. The zero-order valence-corrected chi connectivity index (χ0v) is 12.7. The molecule has 3 rings (SSSR count). The molecule has 1 aliphatic carbocycles. The summed E-state index contributed by atoms with van der Waals surface area (Å²) in [7, 11) is 0. The van der Waals surface area contributed by atoms with Crippen LogP contribution >= 0.6 is 0 Å². The summed E-state index contributed by atoms with van der Waals surface area (Å²) >= 11 is 0. The van der Waals surface area contributed by atoms with Crippen molar-refractivity contribution in [3.63, 3.8) is 0 Å². The third-order valence-corrected chi connectivity index (χ3v) is 4.53. The minimum absolute atomic E-state index is 0.0524. The number of carbonyl (C=O) groups excluding carboxylic acids is 1. The van der Waals surface area contributed by atoms with E-state index in [0.29, 0.717) is 12.1 Å². The monoisotopic (exact) mass is 308 g/mol. The summed E-state index contributed by atoms with van der Waals surface area (Å²) in [4.78, 5) is 12.8. The van der Waals surface area contributed by atoms with Crippen LogP contribution in [0, 0.1) is 17.1 Å². The van der Waals surface area contributed by atoms with E-state index in [1.165, 1.54) is 12.1 Å². The van der Waals surface area contributed by atoms with Gasteiger partial charge in [0.05, 0.1) is 17.9 Å². The zero-order chi connectivity index (χ0) is 16.3. The zero-order valence-electron chi connectivity index (χ0n) is 12.7. The topological polar surface area (TPSA) is 52.9 Å². The van der Waals surface area contributed by atoms with Gasteiger partial charge in [0.2, 0.25) is 5.91 Å². The van der Waals surface area contributed by atoms with Crippen molar-refractivity contribution in [1.82, 2.24) is 0 Å². The van der Waals surface area contributed by atoms with Crippen LogP contribution in [0.25, 0.3) is 0 Å². The maximum absolute atomic E-state index is 13.1. The Bertz CT molecular complexity index is 740. The van der Waals surface area contributed by atoms with Crippen LogP contribution < -0.4 is 5.32 Å². The summed E-state index contributed by atoms with van der Waals surface area (Å²) in [5.41, 5.74) is 1.94. The average molecular weight is 308 g/mol. The molecule has 23 heavy (non-hydrogen) atoms. The fourth-order valence-corrected chi connectivity index (χ4v) is 2.99. The summed E-state index contributed by atoms with van der Waals surface area (Å²) in [5.74, 6) is -0.347. The molecular weight excluding hydrogens is 291 g/mol. The highest BCUT2D eigenvalue weighted by atomic mass is 19.1. The summed E-state index contributed by atoms with van der Waals surface area (Å²) in [6, 6.07) is 15.6. The average Bonchev–Trinajstić information content (AvgIpc) is 2.50. The van der Waals surface area contributed by atoms with E-state index in [4.69, 9.17) is 5.26 Å². The van der Waals surface area contributed by atoms with Gasteiger partial charge in [-0.15, -0.1) is 0 Å². The lowest BCUT2D eigenvalue weighted by Gasteiger charge is -2.40. The molecule has 1 aliphatic rings. The number of rotatable bonds is 4. The van der Waals surface area contributed by atoms with Crippen molar-refractivity contribution < 1.29 is 9.18 Å². The quantitative estimate of drug-likeness (QED) is 0.929. The number of amides is 1. The van der Waals surface area contributed by atoms with Gasteiger partial charge in [0.15, 0.2) is 0 Å². The first-order chi connectivity index (χ1) is 11.1. The molecule has 0 aliphatic heterocycles. The van der Waals surface area contributed by atoms with E-state index in [1.807, 2.05) is 24.3 Å². The van der Waals surface area contributed by atoms with Crippen LogP contribution in [0.3, 0.4) is 0 Å². The second-order valence-corrected chi connectivity index (χ2v) is 5.93. The molecule has 2 aromatic rings. The number of hydrogen-bond acceptors (Lipinski definition) is 2. The molecule has 3 nitrogen and oxygen atoms in total. The number of nitrogens with zero attached hydrogens (tertiary/aromatic N) is 1. The van der Waals surface area contributed by atoms with Crippen molar-refractivity contribution in [3.05, 3.63) is 65.5 Å². The summed E-state index contributed by atoms with van der Waals surface area (Å²) in [6.45, 7) is 0. The van der Waals surface area contributed by atoms with Crippen LogP contribution in [0.4, 0.5) is 10.1 Å². The Labute approximate surface area is 134 Å². The first-order valence-electron chi connectivity index (χ1n) is 7.67. The van der Waals surface area contributed by atoms with E-state index in [2.05, 4.69) is 11.4 Å². The van der Waals surface area contributed by atoms with Crippen LogP contribution in [0.5, 0.6) is 0 Å². The van der Waals surface area contributed by atoms with Crippen molar-refractivity contribution in [1.29, 1.82) is 5.26 Å². The molecule has 0 bridgehead atoms. The van der Waals surface area contributed by atoms with Crippen LogP contribution in [-0.2, 0) is 16.6 Å². The van der Waals surface area contributed by atoms with Gasteiger partial charge in [0, 0.05) is 5.69 Å². The Morgan fingerprint density at radius 2 is 1.78 bits per heavy atom. The normalized spacial score (nSPS) is 15.3. The molecule has 1 saturated carbocycles. The SMILES string of the molecule is N#CCc1ccc(NC(=O)C2(c3ccc(F)cc3)CCC2)cc1. The van der Waals surface area contributed by atoms with Gasteiger partial charge in [0.1, 0.15) is 5.82 Å². The lowest BCUT2D eigenvalue weighted by Crippen LogP contribution is -2.46. The molecule has 2 aromatic carbocycles. The lowest BCUT2D eigenvalue weighted by molar-refractivity contribution is -0.124. The third-order valence-electron chi connectivity index (χ3n) is 4.53.